The average molecular weight is 373 g/mol. The smallest absolute Gasteiger partial charge is 0.407 e. The highest BCUT2D eigenvalue weighted by molar-refractivity contribution is 5.73. The SMILES string of the molecule is O=C(NCC(C(=O)O)C(O)COCc1ccccc1)OCc1ccccc1. The van der Waals surface area contributed by atoms with Crippen molar-refractivity contribution < 1.29 is 29.3 Å². The van der Waals surface area contributed by atoms with Gasteiger partial charge in [0, 0.05) is 6.54 Å². The molecule has 2 aromatic rings. The minimum Gasteiger partial charge on any atom is -0.481 e. The van der Waals surface area contributed by atoms with Crippen molar-refractivity contribution in [2.24, 2.45) is 5.92 Å². The van der Waals surface area contributed by atoms with Crippen molar-refractivity contribution in [2.45, 2.75) is 19.3 Å². The number of hydrogen-bond donors (Lipinski definition) is 3. The first-order valence-electron chi connectivity index (χ1n) is 8.53. The summed E-state index contributed by atoms with van der Waals surface area (Å²) in [5.41, 5.74) is 1.73. The van der Waals surface area contributed by atoms with Crippen LogP contribution < -0.4 is 5.32 Å². The molecule has 0 fully saturated rings. The van der Waals surface area contributed by atoms with Gasteiger partial charge in [0.25, 0.3) is 0 Å². The van der Waals surface area contributed by atoms with Gasteiger partial charge in [0.05, 0.1) is 19.3 Å². The van der Waals surface area contributed by atoms with Gasteiger partial charge in [-0.15, -0.1) is 0 Å². The molecular weight excluding hydrogens is 350 g/mol. The van der Waals surface area contributed by atoms with Crippen molar-refractivity contribution in [2.75, 3.05) is 13.2 Å². The molecule has 0 radical (unpaired) electrons. The van der Waals surface area contributed by atoms with E-state index in [1.165, 1.54) is 0 Å². The second-order valence-electron chi connectivity index (χ2n) is 5.96. The van der Waals surface area contributed by atoms with Crippen molar-refractivity contribution in [3.63, 3.8) is 0 Å². The van der Waals surface area contributed by atoms with Crippen LogP contribution in [0.1, 0.15) is 11.1 Å². The van der Waals surface area contributed by atoms with Crippen molar-refractivity contribution in [1.82, 2.24) is 5.32 Å². The number of aliphatic carboxylic acids is 1. The zero-order valence-corrected chi connectivity index (χ0v) is 14.8. The van der Waals surface area contributed by atoms with E-state index in [4.69, 9.17) is 9.47 Å². The molecule has 0 saturated heterocycles. The number of carbonyl (C=O) groups excluding carboxylic acids is 1. The number of rotatable bonds is 10. The minimum absolute atomic E-state index is 0.0765. The quantitative estimate of drug-likeness (QED) is 0.590. The third kappa shape index (κ3) is 7.47. The summed E-state index contributed by atoms with van der Waals surface area (Å²) in [6.45, 7) is -0.0879. The molecule has 0 aliphatic carbocycles. The third-order valence-corrected chi connectivity index (χ3v) is 3.86. The lowest BCUT2D eigenvalue weighted by atomic mass is 10.0. The van der Waals surface area contributed by atoms with Gasteiger partial charge in [-0.3, -0.25) is 4.79 Å². The first kappa shape index (κ1) is 20.4. The predicted molar refractivity (Wildman–Crippen MR) is 97.9 cm³/mol. The van der Waals surface area contributed by atoms with Crippen LogP contribution in [0, 0.1) is 5.92 Å². The number of carbonyl (C=O) groups is 2. The number of nitrogens with one attached hydrogen (secondary N) is 1. The number of ether oxygens (including phenoxy) is 2. The molecule has 2 atom stereocenters. The summed E-state index contributed by atoms with van der Waals surface area (Å²) in [5, 5.41) is 21.7. The molecule has 2 aromatic carbocycles. The molecule has 0 aromatic heterocycles. The van der Waals surface area contributed by atoms with Gasteiger partial charge >= 0.3 is 12.1 Å². The van der Waals surface area contributed by atoms with Crippen LogP contribution in [0.3, 0.4) is 0 Å². The van der Waals surface area contributed by atoms with E-state index in [1.54, 1.807) is 12.1 Å². The molecule has 7 heteroatoms. The van der Waals surface area contributed by atoms with Crippen LogP contribution in [-0.4, -0.2) is 41.5 Å². The fourth-order valence-corrected chi connectivity index (χ4v) is 2.34. The molecule has 3 N–H and O–H groups in total. The fourth-order valence-electron chi connectivity index (χ4n) is 2.34. The first-order valence-corrected chi connectivity index (χ1v) is 8.53. The number of hydrogen-bond acceptors (Lipinski definition) is 5. The second kappa shape index (κ2) is 10.9. The molecule has 0 heterocycles. The summed E-state index contributed by atoms with van der Waals surface area (Å²) in [7, 11) is 0. The number of carboxylic acids is 1. The van der Waals surface area contributed by atoms with Crippen LogP contribution in [0.4, 0.5) is 4.79 Å². The van der Waals surface area contributed by atoms with E-state index in [1.807, 2.05) is 48.5 Å². The Kier molecular flexibility index (Phi) is 8.28. The molecule has 144 valence electrons. The summed E-state index contributed by atoms with van der Waals surface area (Å²) in [4.78, 5) is 23.1. The lowest BCUT2D eigenvalue weighted by Gasteiger charge is -2.19. The normalized spacial score (nSPS) is 12.8. The van der Waals surface area contributed by atoms with E-state index in [-0.39, 0.29) is 26.4 Å². The average Bonchev–Trinajstić information content (AvgIpc) is 2.68. The van der Waals surface area contributed by atoms with Crippen molar-refractivity contribution in [3.05, 3.63) is 71.8 Å². The standard InChI is InChI=1S/C20H23NO6/c22-18(14-26-12-15-7-3-1-4-8-15)17(19(23)24)11-21-20(25)27-13-16-9-5-2-6-10-16/h1-10,17-18,22H,11-14H2,(H,21,25)(H,23,24). The summed E-state index contributed by atoms with van der Waals surface area (Å²) in [6, 6.07) is 18.4. The maximum absolute atomic E-state index is 11.7. The number of aliphatic hydroxyl groups is 1. The topological polar surface area (TPSA) is 105 Å². The summed E-state index contributed by atoms with van der Waals surface area (Å²) < 4.78 is 10.4. The number of aliphatic hydroxyl groups excluding tert-OH is 1. The van der Waals surface area contributed by atoms with Gasteiger partial charge < -0.3 is 25.0 Å². The van der Waals surface area contributed by atoms with Crippen LogP contribution in [-0.2, 0) is 27.5 Å². The van der Waals surface area contributed by atoms with Crippen LogP contribution >= 0.6 is 0 Å². The van der Waals surface area contributed by atoms with Crippen LogP contribution in [0.15, 0.2) is 60.7 Å². The van der Waals surface area contributed by atoms with E-state index in [2.05, 4.69) is 5.32 Å². The Morgan fingerprint density at radius 2 is 1.48 bits per heavy atom. The highest BCUT2D eigenvalue weighted by Gasteiger charge is 2.27. The molecule has 0 aliphatic rings. The molecular formula is C20H23NO6. The van der Waals surface area contributed by atoms with E-state index >= 15 is 0 Å². The third-order valence-electron chi connectivity index (χ3n) is 3.86. The largest absolute Gasteiger partial charge is 0.481 e. The highest BCUT2D eigenvalue weighted by Crippen LogP contribution is 2.07. The lowest BCUT2D eigenvalue weighted by molar-refractivity contribution is -0.147. The lowest BCUT2D eigenvalue weighted by Crippen LogP contribution is -2.41. The first-order chi connectivity index (χ1) is 13.1. The number of carboxylic acid groups (broad SMARTS) is 1. The highest BCUT2D eigenvalue weighted by atomic mass is 16.5. The Balaban J connectivity index is 1.73. The minimum atomic E-state index is -1.26. The Morgan fingerprint density at radius 1 is 0.926 bits per heavy atom. The number of amides is 1. The van der Waals surface area contributed by atoms with E-state index in [0.717, 1.165) is 11.1 Å². The van der Waals surface area contributed by atoms with Crippen LogP contribution in [0.2, 0.25) is 0 Å². The Labute approximate surface area is 157 Å². The van der Waals surface area contributed by atoms with Gasteiger partial charge in [-0.05, 0) is 11.1 Å². The van der Waals surface area contributed by atoms with E-state index in [0.29, 0.717) is 0 Å². The molecule has 1 amide bonds. The van der Waals surface area contributed by atoms with E-state index < -0.39 is 24.1 Å². The Bertz CT molecular complexity index is 707. The number of alkyl carbamates (subject to hydrolysis) is 1. The van der Waals surface area contributed by atoms with Gasteiger partial charge in [0.2, 0.25) is 0 Å². The van der Waals surface area contributed by atoms with Gasteiger partial charge in [-0.1, -0.05) is 60.7 Å². The van der Waals surface area contributed by atoms with Crippen LogP contribution in [0.25, 0.3) is 0 Å². The monoisotopic (exact) mass is 373 g/mol. The zero-order valence-electron chi connectivity index (χ0n) is 14.8. The fraction of sp³-hybridized carbons (Fsp3) is 0.300. The maximum Gasteiger partial charge on any atom is 0.407 e. The Hall–Kier alpha value is -2.90. The van der Waals surface area contributed by atoms with Gasteiger partial charge in [0.1, 0.15) is 12.5 Å². The molecule has 0 spiro atoms. The van der Waals surface area contributed by atoms with E-state index in [9.17, 15) is 19.8 Å². The second-order valence-corrected chi connectivity index (χ2v) is 5.96. The molecule has 0 saturated carbocycles. The molecule has 2 unspecified atom stereocenters. The van der Waals surface area contributed by atoms with Crippen molar-refractivity contribution in [3.8, 4) is 0 Å². The molecule has 0 aliphatic heterocycles. The molecule has 27 heavy (non-hydrogen) atoms. The Morgan fingerprint density at radius 3 is 2.04 bits per heavy atom. The van der Waals surface area contributed by atoms with Crippen molar-refractivity contribution >= 4 is 12.1 Å². The predicted octanol–water partition coefficient (Wildman–Crippen LogP) is 2.19. The van der Waals surface area contributed by atoms with Gasteiger partial charge in [-0.2, -0.15) is 0 Å². The molecule has 2 rings (SSSR count). The molecule has 0 bridgehead atoms. The summed E-state index contributed by atoms with van der Waals surface area (Å²) >= 11 is 0. The zero-order chi connectivity index (χ0) is 19.5. The summed E-state index contributed by atoms with van der Waals surface area (Å²) in [5.74, 6) is -2.43. The summed E-state index contributed by atoms with van der Waals surface area (Å²) in [6.07, 6.45) is -2.01. The molecule has 7 nitrogen and oxygen atoms in total. The number of benzene rings is 2. The van der Waals surface area contributed by atoms with Crippen LogP contribution in [0.5, 0.6) is 0 Å². The van der Waals surface area contributed by atoms with Crippen molar-refractivity contribution in [1.29, 1.82) is 0 Å². The van der Waals surface area contributed by atoms with Gasteiger partial charge in [0.15, 0.2) is 0 Å². The van der Waals surface area contributed by atoms with Gasteiger partial charge in [-0.25, -0.2) is 4.79 Å². The maximum atomic E-state index is 11.7.